The molecule has 1 aliphatic heterocycles. The van der Waals surface area contributed by atoms with Gasteiger partial charge in [-0.3, -0.25) is 4.79 Å². The molecule has 29 heavy (non-hydrogen) atoms. The second-order valence-electron chi connectivity index (χ2n) is 6.15. The van der Waals surface area contributed by atoms with Gasteiger partial charge in [0.1, 0.15) is 0 Å². The lowest BCUT2D eigenvalue weighted by molar-refractivity contribution is -0.137. The summed E-state index contributed by atoms with van der Waals surface area (Å²) < 4.78 is 48.9. The molecule has 0 spiro atoms. The van der Waals surface area contributed by atoms with E-state index in [0.717, 1.165) is 16.9 Å². The van der Waals surface area contributed by atoms with Gasteiger partial charge in [-0.25, -0.2) is 0 Å². The third kappa shape index (κ3) is 4.28. The molecule has 1 N–H and O–H groups in total. The van der Waals surface area contributed by atoms with Gasteiger partial charge in [0, 0.05) is 23.7 Å². The number of halogens is 3. The number of nitrogens with zero attached hydrogens (tertiary/aromatic N) is 4. The van der Waals surface area contributed by atoms with Crippen LogP contribution in [-0.2, 0) is 17.5 Å². The maximum atomic E-state index is 12.8. The summed E-state index contributed by atoms with van der Waals surface area (Å²) in [6.07, 6.45) is -4.41. The van der Waals surface area contributed by atoms with Crippen LogP contribution in [0.2, 0.25) is 0 Å². The summed E-state index contributed by atoms with van der Waals surface area (Å²) in [5.41, 5.74) is -0.0548. The monoisotopic (exact) mass is 405 g/mol. The number of carbonyl (C=O) groups is 1. The van der Waals surface area contributed by atoms with Gasteiger partial charge >= 0.3 is 6.18 Å². The van der Waals surface area contributed by atoms with Crippen molar-refractivity contribution in [3.05, 3.63) is 48.0 Å². The number of amides is 1. The Bertz CT molecular complexity index is 1050. The van der Waals surface area contributed by atoms with Gasteiger partial charge < -0.3 is 14.8 Å². The molecular formula is C18H14F3N5O3. The number of anilines is 1. The lowest BCUT2D eigenvalue weighted by Crippen LogP contribution is -2.15. The lowest BCUT2D eigenvalue weighted by atomic mass is 10.1. The third-order valence-corrected chi connectivity index (χ3v) is 4.10. The Morgan fingerprint density at radius 2 is 1.97 bits per heavy atom. The summed E-state index contributed by atoms with van der Waals surface area (Å²) in [6, 6.07) is 9.69. The number of benzene rings is 2. The molecule has 1 aromatic heterocycles. The number of aryl methyl sites for hydroxylation is 1. The van der Waals surface area contributed by atoms with Crippen molar-refractivity contribution in [1.82, 2.24) is 20.2 Å². The van der Waals surface area contributed by atoms with Gasteiger partial charge in [-0.05, 0) is 29.5 Å². The zero-order valence-corrected chi connectivity index (χ0v) is 14.8. The average Bonchev–Trinajstić information content (AvgIpc) is 3.35. The van der Waals surface area contributed by atoms with E-state index in [1.807, 2.05) is 0 Å². The Hall–Kier alpha value is -3.63. The molecule has 3 aromatic rings. The van der Waals surface area contributed by atoms with E-state index < -0.39 is 11.7 Å². The summed E-state index contributed by atoms with van der Waals surface area (Å²) >= 11 is 0. The summed E-state index contributed by atoms with van der Waals surface area (Å²) in [6.45, 7) is 0.251. The Kier molecular flexibility index (Phi) is 4.79. The molecule has 2 heterocycles. The molecule has 150 valence electrons. The zero-order valence-electron chi connectivity index (χ0n) is 14.8. The molecule has 0 saturated carbocycles. The van der Waals surface area contributed by atoms with Crippen molar-refractivity contribution in [2.24, 2.45) is 0 Å². The van der Waals surface area contributed by atoms with E-state index >= 15 is 0 Å². The molecule has 0 fully saturated rings. The topological polar surface area (TPSA) is 91.2 Å². The van der Waals surface area contributed by atoms with Gasteiger partial charge in [0.25, 0.3) is 0 Å². The molecule has 1 aliphatic rings. The second kappa shape index (κ2) is 7.41. The minimum absolute atomic E-state index is 0.0484. The first-order chi connectivity index (χ1) is 13.9. The van der Waals surface area contributed by atoms with Gasteiger partial charge in [-0.1, -0.05) is 12.1 Å². The number of hydrogen-bond acceptors (Lipinski definition) is 6. The van der Waals surface area contributed by atoms with Crippen LogP contribution < -0.4 is 14.8 Å². The molecule has 0 saturated heterocycles. The molecule has 4 rings (SSSR count). The van der Waals surface area contributed by atoms with Crippen molar-refractivity contribution in [2.75, 3.05) is 12.1 Å². The highest BCUT2D eigenvalue weighted by Crippen LogP contribution is 2.34. The number of carbonyl (C=O) groups excluding carboxylic acids is 1. The average molecular weight is 405 g/mol. The van der Waals surface area contributed by atoms with E-state index in [-0.39, 0.29) is 37.1 Å². The number of aromatic nitrogens is 4. The number of ether oxygens (including phenoxy) is 2. The quantitative estimate of drug-likeness (QED) is 0.702. The zero-order chi connectivity index (χ0) is 20.4. The lowest BCUT2D eigenvalue weighted by Gasteiger charge is -2.06. The van der Waals surface area contributed by atoms with Crippen LogP contribution in [0.15, 0.2) is 42.5 Å². The molecule has 8 nitrogen and oxygen atoms in total. The third-order valence-electron chi connectivity index (χ3n) is 4.10. The van der Waals surface area contributed by atoms with E-state index in [9.17, 15) is 18.0 Å². The Morgan fingerprint density at radius 3 is 2.79 bits per heavy atom. The predicted octanol–water partition coefficient (Wildman–Crippen LogP) is 3.12. The van der Waals surface area contributed by atoms with E-state index in [2.05, 4.69) is 20.7 Å². The van der Waals surface area contributed by atoms with Crippen molar-refractivity contribution in [1.29, 1.82) is 0 Å². The molecule has 0 aliphatic carbocycles. The number of rotatable bonds is 5. The standard InChI is InChI=1S/C18H14F3N5O3/c19-18(20,21)12-3-1-2-11(8-12)17-23-25-26(24-17)7-6-16(27)22-13-4-5-14-15(9-13)29-10-28-14/h1-5,8-9H,6-7,10H2,(H,22,27). The largest absolute Gasteiger partial charge is 0.454 e. The molecule has 0 radical (unpaired) electrons. The fourth-order valence-electron chi connectivity index (χ4n) is 2.69. The first-order valence-electron chi connectivity index (χ1n) is 8.53. The molecule has 1 amide bonds. The highest BCUT2D eigenvalue weighted by Gasteiger charge is 2.30. The van der Waals surface area contributed by atoms with Crippen molar-refractivity contribution in [3.8, 4) is 22.9 Å². The highest BCUT2D eigenvalue weighted by molar-refractivity contribution is 5.91. The SMILES string of the molecule is O=C(CCn1nnc(-c2cccc(C(F)(F)F)c2)n1)Nc1ccc2c(c1)OCO2. The predicted molar refractivity (Wildman–Crippen MR) is 94.1 cm³/mol. The number of fused-ring (bicyclic) bond motifs is 1. The van der Waals surface area contributed by atoms with Crippen molar-refractivity contribution < 1.29 is 27.4 Å². The van der Waals surface area contributed by atoms with Gasteiger partial charge in [0.2, 0.25) is 18.5 Å². The van der Waals surface area contributed by atoms with E-state index in [1.54, 1.807) is 18.2 Å². The van der Waals surface area contributed by atoms with Crippen LogP contribution in [-0.4, -0.2) is 32.9 Å². The molecule has 0 bridgehead atoms. The van der Waals surface area contributed by atoms with Crippen molar-refractivity contribution in [2.45, 2.75) is 19.1 Å². The minimum Gasteiger partial charge on any atom is -0.454 e. The minimum atomic E-state index is -4.46. The first kappa shape index (κ1) is 18.7. The summed E-state index contributed by atoms with van der Waals surface area (Å²) in [5.74, 6) is 0.914. The smallest absolute Gasteiger partial charge is 0.416 e. The van der Waals surface area contributed by atoms with E-state index in [0.29, 0.717) is 17.2 Å². The van der Waals surface area contributed by atoms with Crippen molar-refractivity contribution in [3.63, 3.8) is 0 Å². The fourth-order valence-corrected chi connectivity index (χ4v) is 2.69. The van der Waals surface area contributed by atoms with Crippen LogP contribution >= 0.6 is 0 Å². The van der Waals surface area contributed by atoms with Gasteiger partial charge in [-0.2, -0.15) is 18.0 Å². The Labute approximate surface area is 162 Å². The van der Waals surface area contributed by atoms with Crippen LogP contribution in [0, 0.1) is 0 Å². The summed E-state index contributed by atoms with van der Waals surface area (Å²) in [4.78, 5) is 13.3. The molecule has 11 heteroatoms. The van der Waals surface area contributed by atoms with Crippen LogP contribution in [0.5, 0.6) is 11.5 Å². The molecule has 0 atom stereocenters. The summed E-state index contributed by atoms with van der Waals surface area (Å²) in [7, 11) is 0. The maximum Gasteiger partial charge on any atom is 0.416 e. The number of alkyl halides is 3. The highest BCUT2D eigenvalue weighted by atomic mass is 19.4. The number of nitrogens with one attached hydrogen (secondary N) is 1. The second-order valence-corrected chi connectivity index (χ2v) is 6.15. The van der Waals surface area contributed by atoms with Crippen LogP contribution in [0.1, 0.15) is 12.0 Å². The van der Waals surface area contributed by atoms with Crippen LogP contribution in [0.4, 0.5) is 18.9 Å². The van der Waals surface area contributed by atoms with Gasteiger partial charge in [0.15, 0.2) is 11.5 Å². The summed E-state index contributed by atoms with van der Waals surface area (Å²) in [5, 5.41) is 14.3. The molecule has 0 unspecified atom stereocenters. The van der Waals surface area contributed by atoms with Gasteiger partial charge in [-0.15, -0.1) is 10.2 Å². The van der Waals surface area contributed by atoms with Gasteiger partial charge in [0.05, 0.1) is 12.1 Å². The fraction of sp³-hybridized carbons (Fsp3) is 0.222. The molecular weight excluding hydrogens is 391 g/mol. The first-order valence-corrected chi connectivity index (χ1v) is 8.53. The Balaban J connectivity index is 1.36. The Morgan fingerprint density at radius 1 is 1.14 bits per heavy atom. The van der Waals surface area contributed by atoms with E-state index in [4.69, 9.17) is 9.47 Å². The van der Waals surface area contributed by atoms with Crippen LogP contribution in [0.25, 0.3) is 11.4 Å². The number of tetrazole rings is 1. The molecule has 2 aromatic carbocycles. The number of hydrogen-bond donors (Lipinski definition) is 1. The normalized spacial score (nSPS) is 12.8. The van der Waals surface area contributed by atoms with Crippen LogP contribution in [0.3, 0.4) is 0 Å². The maximum absolute atomic E-state index is 12.8. The van der Waals surface area contributed by atoms with Crippen molar-refractivity contribution >= 4 is 11.6 Å². The van der Waals surface area contributed by atoms with E-state index in [1.165, 1.54) is 12.1 Å².